The number of rotatable bonds is 2. The minimum atomic E-state index is -0.418. The Kier molecular flexibility index (Phi) is 2.76. The largest absolute Gasteiger partial charge is 0.325 e. The second-order valence-electron chi connectivity index (χ2n) is 2.28. The summed E-state index contributed by atoms with van der Waals surface area (Å²) in [5.74, 6) is -0.418. The van der Waals surface area contributed by atoms with Crippen LogP contribution in [0.5, 0.6) is 0 Å². The molecular weight excluding hydrogens is 174 g/mol. The fraction of sp³-hybridized carbons (Fsp3) is 0.286. The highest BCUT2D eigenvalue weighted by Crippen LogP contribution is 1.94. The molecule has 1 aromatic heterocycles. The molecule has 0 fully saturated rings. The third-order valence-electron chi connectivity index (χ3n) is 1.45. The maximum atomic E-state index is 11.3. The second kappa shape index (κ2) is 3.81. The van der Waals surface area contributed by atoms with E-state index in [1.165, 1.54) is 20.4 Å². The van der Waals surface area contributed by atoms with Crippen molar-refractivity contribution >= 4 is 5.91 Å². The Hall–Kier alpha value is -1.69. The molecule has 0 bridgehead atoms. The monoisotopic (exact) mass is 183 g/mol. The number of aromatic amines is 1. The lowest BCUT2D eigenvalue weighted by Crippen LogP contribution is -2.27. The van der Waals surface area contributed by atoms with Crippen molar-refractivity contribution in [3.05, 3.63) is 28.4 Å². The minimum absolute atomic E-state index is 0.129. The molecule has 0 spiro atoms. The van der Waals surface area contributed by atoms with E-state index in [1.807, 2.05) is 0 Å². The van der Waals surface area contributed by atoms with Crippen molar-refractivity contribution in [2.24, 2.45) is 0 Å². The van der Waals surface area contributed by atoms with Crippen LogP contribution in [-0.4, -0.2) is 35.1 Å². The molecule has 0 aliphatic heterocycles. The molecule has 0 aliphatic rings. The summed E-state index contributed by atoms with van der Waals surface area (Å²) in [6.07, 6.45) is 2.27. The Balaban J connectivity index is 2.90. The summed E-state index contributed by atoms with van der Waals surface area (Å²) in [6.45, 7) is 0. The van der Waals surface area contributed by atoms with Crippen LogP contribution in [0.4, 0.5) is 0 Å². The highest BCUT2D eigenvalue weighted by atomic mass is 16.7. The molecule has 1 amide bonds. The van der Waals surface area contributed by atoms with Gasteiger partial charge in [0.2, 0.25) is 0 Å². The number of hydrogen-bond donors (Lipinski definition) is 1. The number of amides is 1. The molecule has 0 atom stereocenters. The van der Waals surface area contributed by atoms with Gasteiger partial charge in [0.05, 0.1) is 13.3 Å². The lowest BCUT2D eigenvalue weighted by atomic mass is 10.4. The number of hydroxylamine groups is 2. The van der Waals surface area contributed by atoms with Crippen LogP contribution in [0.2, 0.25) is 0 Å². The van der Waals surface area contributed by atoms with Crippen molar-refractivity contribution < 1.29 is 9.63 Å². The zero-order valence-corrected chi connectivity index (χ0v) is 7.27. The van der Waals surface area contributed by atoms with Gasteiger partial charge in [-0.2, -0.15) is 0 Å². The number of carbonyl (C=O) groups excluding carboxylic acids is 1. The van der Waals surface area contributed by atoms with Gasteiger partial charge in [0.1, 0.15) is 5.69 Å². The molecule has 6 nitrogen and oxygen atoms in total. The van der Waals surface area contributed by atoms with Gasteiger partial charge in [0.15, 0.2) is 0 Å². The minimum Gasteiger partial charge on any atom is -0.325 e. The van der Waals surface area contributed by atoms with Crippen LogP contribution < -0.4 is 5.56 Å². The van der Waals surface area contributed by atoms with E-state index in [1.54, 1.807) is 0 Å². The van der Waals surface area contributed by atoms with Crippen molar-refractivity contribution in [3.8, 4) is 0 Å². The average molecular weight is 183 g/mol. The highest BCUT2D eigenvalue weighted by molar-refractivity contribution is 5.90. The van der Waals surface area contributed by atoms with Gasteiger partial charge in [0.25, 0.3) is 11.5 Å². The van der Waals surface area contributed by atoms with Crippen molar-refractivity contribution in [2.75, 3.05) is 14.2 Å². The molecule has 1 heterocycles. The van der Waals surface area contributed by atoms with Crippen LogP contribution in [0.1, 0.15) is 10.5 Å². The third kappa shape index (κ3) is 2.12. The molecule has 1 rings (SSSR count). The van der Waals surface area contributed by atoms with E-state index in [9.17, 15) is 9.59 Å². The van der Waals surface area contributed by atoms with Crippen molar-refractivity contribution in [1.82, 2.24) is 15.0 Å². The smallest absolute Gasteiger partial charge is 0.297 e. The summed E-state index contributed by atoms with van der Waals surface area (Å²) in [4.78, 5) is 32.5. The van der Waals surface area contributed by atoms with Crippen LogP contribution in [0.3, 0.4) is 0 Å². The van der Waals surface area contributed by atoms with Gasteiger partial charge in [-0.05, 0) is 0 Å². The molecule has 0 aliphatic carbocycles. The fourth-order valence-electron chi connectivity index (χ4n) is 0.703. The predicted octanol–water partition coefficient (Wildman–Crippen LogP) is -0.597. The molecule has 0 saturated heterocycles. The number of hydrogen-bond acceptors (Lipinski definition) is 4. The first-order valence-electron chi connectivity index (χ1n) is 3.52. The third-order valence-corrected chi connectivity index (χ3v) is 1.45. The SMILES string of the molecule is CON(C)C(=O)c1c[nH]c(=O)cn1. The zero-order valence-electron chi connectivity index (χ0n) is 7.27. The number of nitrogens with zero attached hydrogens (tertiary/aromatic N) is 2. The Morgan fingerprint density at radius 3 is 2.85 bits per heavy atom. The zero-order chi connectivity index (χ0) is 9.84. The Morgan fingerprint density at radius 1 is 1.69 bits per heavy atom. The second-order valence-corrected chi connectivity index (χ2v) is 2.28. The van der Waals surface area contributed by atoms with Crippen LogP contribution in [0.15, 0.2) is 17.2 Å². The number of nitrogens with one attached hydrogen (secondary N) is 1. The first-order chi connectivity index (χ1) is 6.15. The number of H-pyrrole nitrogens is 1. The maximum Gasteiger partial charge on any atom is 0.297 e. The van der Waals surface area contributed by atoms with Crippen molar-refractivity contribution in [1.29, 1.82) is 0 Å². The summed E-state index contributed by atoms with van der Waals surface area (Å²) >= 11 is 0. The van der Waals surface area contributed by atoms with Crippen LogP contribution in [0, 0.1) is 0 Å². The van der Waals surface area contributed by atoms with Gasteiger partial charge in [-0.1, -0.05) is 0 Å². The van der Waals surface area contributed by atoms with E-state index in [0.717, 1.165) is 11.3 Å². The average Bonchev–Trinajstić information content (AvgIpc) is 2.17. The van der Waals surface area contributed by atoms with Crippen molar-refractivity contribution in [3.63, 3.8) is 0 Å². The summed E-state index contributed by atoms with van der Waals surface area (Å²) in [5.41, 5.74) is -0.222. The fourth-order valence-corrected chi connectivity index (χ4v) is 0.703. The van der Waals surface area contributed by atoms with Gasteiger partial charge >= 0.3 is 0 Å². The Labute approximate surface area is 74.1 Å². The van der Waals surface area contributed by atoms with Crippen molar-refractivity contribution in [2.45, 2.75) is 0 Å². The molecule has 1 aromatic rings. The Bertz CT molecular complexity index is 340. The highest BCUT2D eigenvalue weighted by Gasteiger charge is 2.11. The van der Waals surface area contributed by atoms with E-state index in [0.29, 0.717) is 0 Å². The maximum absolute atomic E-state index is 11.3. The van der Waals surface area contributed by atoms with E-state index < -0.39 is 5.91 Å². The molecule has 0 aromatic carbocycles. The van der Waals surface area contributed by atoms with Crippen LogP contribution in [-0.2, 0) is 4.84 Å². The summed E-state index contributed by atoms with van der Waals surface area (Å²) in [7, 11) is 2.82. The number of carbonyl (C=O) groups is 1. The molecule has 0 unspecified atom stereocenters. The van der Waals surface area contributed by atoms with Gasteiger partial charge in [-0.25, -0.2) is 10.0 Å². The summed E-state index contributed by atoms with van der Waals surface area (Å²) < 4.78 is 0. The molecule has 6 heteroatoms. The van der Waals surface area contributed by atoms with E-state index in [4.69, 9.17) is 0 Å². The van der Waals surface area contributed by atoms with E-state index >= 15 is 0 Å². The molecule has 0 saturated carbocycles. The standard InChI is InChI=1S/C7H9N3O3/c1-10(13-2)7(12)5-3-9-6(11)4-8-5/h3-4H,1-2H3,(H,9,11). The lowest BCUT2D eigenvalue weighted by molar-refractivity contribution is -0.0760. The van der Waals surface area contributed by atoms with Gasteiger partial charge < -0.3 is 4.98 Å². The predicted molar refractivity (Wildman–Crippen MR) is 44.0 cm³/mol. The first-order valence-corrected chi connectivity index (χ1v) is 3.52. The van der Waals surface area contributed by atoms with Gasteiger partial charge in [0, 0.05) is 13.2 Å². The molecule has 13 heavy (non-hydrogen) atoms. The Morgan fingerprint density at radius 2 is 2.38 bits per heavy atom. The van der Waals surface area contributed by atoms with Crippen LogP contribution in [0.25, 0.3) is 0 Å². The summed E-state index contributed by atoms with van der Waals surface area (Å²) in [5, 5.41) is 1.01. The molecule has 70 valence electrons. The lowest BCUT2D eigenvalue weighted by Gasteiger charge is -2.11. The van der Waals surface area contributed by atoms with Gasteiger partial charge in [-0.3, -0.25) is 14.4 Å². The van der Waals surface area contributed by atoms with Crippen LogP contribution >= 0.6 is 0 Å². The topological polar surface area (TPSA) is 75.3 Å². The van der Waals surface area contributed by atoms with Gasteiger partial charge in [-0.15, -0.1) is 0 Å². The first kappa shape index (κ1) is 9.40. The normalized spacial score (nSPS) is 9.69. The summed E-state index contributed by atoms with van der Waals surface area (Å²) in [6, 6.07) is 0. The molecular formula is C7H9N3O3. The molecule has 1 N–H and O–H groups in total. The van der Waals surface area contributed by atoms with E-state index in [-0.39, 0.29) is 11.3 Å². The molecule has 0 radical (unpaired) electrons. The quantitative estimate of drug-likeness (QED) is 0.621. The number of aromatic nitrogens is 2. The van der Waals surface area contributed by atoms with E-state index in [2.05, 4.69) is 14.8 Å².